The molecule has 0 saturated carbocycles. The van der Waals surface area contributed by atoms with Gasteiger partial charge in [0.1, 0.15) is 5.75 Å². The first kappa shape index (κ1) is 20.2. The van der Waals surface area contributed by atoms with Gasteiger partial charge in [-0.2, -0.15) is 0 Å². The smallest absolute Gasteiger partial charge is 0.251 e. The van der Waals surface area contributed by atoms with E-state index in [4.69, 9.17) is 16.6 Å². The number of aryl methyl sites for hydroxylation is 1. The van der Waals surface area contributed by atoms with Crippen molar-refractivity contribution in [2.24, 2.45) is 0 Å². The summed E-state index contributed by atoms with van der Waals surface area (Å²) in [6.45, 7) is 10.0. The van der Waals surface area contributed by atoms with E-state index in [1.54, 1.807) is 19.1 Å². The predicted molar refractivity (Wildman–Crippen MR) is 114 cm³/mol. The van der Waals surface area contributed by atoms with Crippen LogP contribution in [0.4, 0.5) is 0 Å². The second-order valence-electron chi connectivity index (χ2n) is 8.21. The van der Waals surface area contributed by atoms with Crippen molar-refractivity contribution in [2.45, 2.75) is 46.1 Å². The first-order chi connectivity index (χ1) is 13.1. The molecule has 0 unspecified atom stereocenters. The van der Waals surface area contributed by atoms with E-state index < -0.39 is 0 Å². The van der Waals surface area contributed by atoms with Crippen LogP contribution in [0.3, 0.4) is 0 Å². The molecule has 146 valence electrons. The number of nitrogens with one attached hydrogen (secondary N) is 1. The average Bonchev–Trinajstić information content (AvgIpc) is 2.62. The summed E-state index contributed by atoms with van der Waals surface area (Å²) in [5, 5.41) is 14.1. The quantitative estimate of drug-likeness (QED) is 0.597. The molecule has 0 aliphatic heterocycles. The molecule has 2 aromatic carbocycles. The van der Waals surface area contributed by atoms with Crippen molar-refractivity contribution in [2.75, 3.05) is 0 Å². The van der Waals surface area contributed by atoms with Gasteiger partial charge in [0.05, 0.1) is 11.6 Å². The third-order valence-corrected chi connectivity index (χ3v) is 5.18. The number of carbonyl (C=O) groups excluding carboxylic acids is 1. The normalized spacial score (nSPS) is 12.8. The minimum atomic E-state index is -0.295. The fourth-order valence-corrected chi connectivity index (χ4v) is 3.39. The lowest BCUT2D eigenvalue weighted by Crippen LogP contribution is -2.26. The van der Waals surface area contributed by atoms with Gasteiger partial charge in [0, 0.05) is 27.1 Å². The van der Waals surface area contributed by atoms with Crippen LogP contribution in [0, 0.1) is 6.92 Å². The Morgan fingerprint density at radius 2 is 1.86 bits per heavy atom. The van der Waals surface area contributed by atoms with Crippen molar-refractivity contribution in [1.29, 1.82) is 0 Å². The largest absolute Gasteiger partial charge is 0.508 e. The number of phenolic OH excluding ortho intramolecular Hbond substituents is 1. The Morgan fingerprint density at radius 1 is 1.14 bits per heavy atom. The van der Waals surface area contributed by atoms with E-state index in [9.17, 15) is 9.90 Å². The maximum absolute atomic E-state index is 12.7. The van der Waals surface area contributed by atoms with Gasteiger partial charge >= 0.3 is 0 Å². The lowest BCUT2D eigenvalue weighted by Gasteiger charge is -2.19. The van der Waals surface area contributed by atoms with Gasteiger partial charge in [-0.25, -0.2) is 0 Å². The Labute approximate surface area is 170 Å². The van der Waals surface area contributed by atoms with E-state index in [1.165, 1.54) is 6.07 Å². The lowest BCUT2D eigenvalue weighted by molar-refractivity contribution is 0.0940. The number of rotatable bonds is 3. The average molecular weight is 397 g/mol. The van der Waals surface area contributed by atoms with Crippen LogP contribution >= 0.6 is 11.6 Å². The second kappa shape index (κ2) is 7.44. The summed E-state index contributed by atoms with van der Waals surface area (Å²) < 4.78 is 0. The van der Waals surface area contributed by atoms with Crippen LogP contribution in [-0.2, 0) is 5.41 Å². The SMILES string of the molecule is Cc1cc([C@H](C)NC(=O)c2ccc3nc(C(C)(C)C)ccc3c2)c(Cl)cc1O. The zero-order valence-electron chi connectivity index (χ0n) is 16.8. The first-order valence-corrected chi connectivity index (χ1v) is 9.65. The summed E-state index contributed by atoms with van der Waals surface area (Å²) in [6, 6.07) is 12.5. The minimum absolute atomic E-state index is 0.0266. The van der Waals surface area contributed by atoms with Crippen LogP contribution in [0.2, 0.25) is 5.02 Å². The van der Waals surface area contributed by atoms with E-state index in [0.717, 1.165) is 22.2 Å². The molecule has 2 N–H and O–H groups in total. The number of halogens is 1. The van der Waals surface area contributed by atoms with Gasteiger partial charge in [-0.15, -0.1) is 0 Å². The topological polar surface area (TPSA) is 62.2 Å². The van der Waals surface area contributed by atoms with Crippen LogP contribution in [-0.4, -0.2) is 16.0 Å². The summed E-state index contributed by atoms with van der Waals surface area (Å²) in [4.78, 5) is 17.4. The van der Waals surface area contributed by atoms with Crippen LogP contribution in [0.15, 0.2) is 42.5 Å². The minimum Gasteiger partial charge on any atom is -0.508 e. The van der Waals surface area contributed by atoms with Crippen LogP contribution in [0.1, 0.15) is 60.9 Å². The molecule has 0 fully saturated rings. The fraction of sp³-hybridized carbons (Fsp3) is 0.304. The zero-order valence-corrected chi connectivity index (χ0v) is 17.6. The Hall–Kier alpha value is -2.59. The van der Waals surface area contributed by atoms with E-state index >= 15 is 0 Å². The molecule has 0 spiro atoms. The number of aromatic nitrogens is 1. The zero-order chi connectivity index (χ0) is 20.6. The van der Waals surface area contributed by atoms with Gasteiger partial charge in [-0.3, -0.25) is 9.78 Å². The molecule has 0 saturated heterocycles. The Bertz CT molecular complexity index is 1050. The van der Waals surface area contributed by atoms with Crippen molar-refractivity contribution < 1.29 is 9.90 Å². The molecule has 1 atom stereocenters. The molecule has 5 heteroatoms. The lowest BCUT2D eigenvalue weighted by atomic mass is 9.91. The van der Waals surface area contributed by atoms with Gasteiger partial charge in [-0.1, -0.05) is 38.4 Å². The number of hydrogen-bond acceptors (Lipinski definition) is 3. The molecule has 0 bridgehead atoms. The van der Waals surface area contributed by atoms with Gasteiger partial charge in [0.2, 0.25) is 0 Å². The summed E-state index contributed by atoms with van der Waals surface area (Å²) >= 11 is 6.24. The number of benzene rings is 2. The highest BCUT2D eigenvalue weighted by Gasteiger charge is 2.18. The number of aromatic hydroxyl groups is 1. The molecule has 1 amide bonds. The number of carbonyl (C=O) groups is 1. The number of amides is 1. The standard InChI is InChI=1S/C23H25ClN2O2/c1-13-10-17(18(24)12-20(13)27)14(2)25-22(28)16-6-8-19-15(11-16)7-9-21(26-19)23(3,4)5/h6-12,14,27H,1-5H3,(H,25,28)/t14-/m0/s1. The second-order valence-corrected chi connectivity index (χ2v) is 8.62. The van der Waals surface area contributed by atoms with Crippen molar-refractivity contribution >= 4 is 28.4 Å². The van der Waals surface area contributed by atoms with E-state index in [-0.39, 0.29) is 23.1 Å². The monoisotopic (exact) mass is 396 g/mol. The first-order valence-electron chi connectivity index (χ1n) is 9.27. The van der Waals surface area contributed by atoms with Gasteiger partial charge in [0.25, 0.3) is 5.91 Å². The molecule has 3 aromatic rings. The maximum Gasteiger partial charge on any atom is 0.251 e. The van der Waals surface area contributed by atoms with E-state index in [2.05, 4.69) is 26.1 Å². The highest BCUT2D eigenvalue weighted by Crippen LogP contribution is 2.30. The molecule has 3 rings (SSSR count). The van der Waals surface area contributed by atoms with Crippen LogP contribution < -0.4 is 5.32 Å². The molecule has 0 aliphatic carbocycles. The molecule has 1 heterocycles. The van der Waals surface area contributed by atoms with Crippen molar-refractivity contribution in [1.82, 2.24) is 10.3 Å². The summed E-state index contributed by atoms with van der Waals surface area (Å²) in [6.07, 6.45) is 0. The Morgan fingerprint density at radius 3 is 2.54 bits per heavy atom. The highest BCUT2D eigenvalue weighted by atomic mass is 35.5. The van der Waals surface area contributed by atoms with Gasteiger partial charge in [-0.05, 0) is 61.4 Å². The van der Waals surface area contributed by atoms with Crippen LogP contribution in [0.5, 0.6) is 5.75 Å². The Balaban J connectivity index is 1.84. The number of fused-ring (bicyclic) bond motifs is 1. The third kappa shape index (κ3) is 4.12. The van der Waals surface area contributed by atoms with E-state index in [1.807, 2.05) is 31.2 Å². The predicted octanol–water partition coefficient (Wildman–Crippen LogP) is 5.69. The summed E-state index contributed by atoms with van der Waals surface area (Å²) in [5.41, 5.74) is 3.91. The van der Waals surface area contributed by atoms with Gasteiger partial charge in [0.15, 0.2) is 0 Å². The molecule has 0 radical (unpaired) electrons. The van der Waals surface area contributed by atoms with Crippen molar-refractivity contribution in [3.8, 4) is 5.75 Å². The van der Waals surface area contributed by atoms with Crippen LogP contribution in [0.25, 0.3) is 10.9 Å². The van der Waals surface area contributed by atoms with Crippen molar-refractivity contribution in [3.05, 3.63) is 69.9 Å². The highest BCUT2D eigenvalue weighted by molar-refractivity contribution is 6.31. The molecule has 4 nitrogen and oxygen atoms in total. The number of nitrogens with zero attached hydrogens (tertiary/aromatic N) is 1. The number of hydrogen-bond donors (Lipinski definition) is 2. The van der Waals surface area contributed by atoms with Gasteiger partial charge < -0.3 is 10.4 Å². The van der Waals surface area contributed by atoms with E-state index in [0.29, 0.717) is 16.1 Å². The molecular weight excluding hydrogens is 372 g/mol. The molecular formula is C23H25ClN2O2. The molecule has 1 aromatic heterocycles. The molecule has 0 aliphatic rings. The number of pyridine rings is 1. The molecule has 28 heavy (non-hydrogen) atoms. The number of phenols is 1. The maximum atomic E-state index is 12.7. The fourth-order valence-electron chi connectivity index (χ4n) is 3.07. The van der Waals surface area contributed by atoms with Crippen molar-refractivity contribution in [3.63, 3.8) is 0 Å². The summed E-state index contributed by atoms with van der Waals surface area (Å²) in [5.74, 6) is -0.0416. The third-order valence-electron chi connectivity index (χ3n) is 4.85. The Kier molecular flexibility index (Phi) is 5.35. The summed E-state index contributed by atoms with van der Waals surface area (Å²) in [7, 11) is 0.